The number of hydrogen-bond acceptors (Lipinski definition) is 4. The molecule has 16 heavy (non-hydrogen) atoms. The van der Waals surface area contributed by atoms with Gasteiger partial charge in [0.1, 0.15) is 6.61 Å². The number of piperidine rings is 1. The number of rotatable bonds is 3. The number of nitrogens with one attached hydrogen (secondary N) is 1. The maximum atomic E-state index is 11.5. The van der Waals surface area contributed by atoms with Crippen molar-refractivity contribution in [1.29, 1.82) is 0 Å². The molecule has 0 aliphatic carbocycles. The Kier molecular flexibility index (Phi) is 5.04. The van der Waals surface area contributed by atoms with Gasteiger partial charge in [0.05, 0.1) is 12.5 Å². The topological polar surface area (TPSA) is 78.9 Å². The lowest BCUT2D eigenvalue weighted by molar-refractivity contribution is -0.125. The summed E-state index contributed by atoms with van der Waals surface area (Å²) in [4.78, 5) is 24.4. The van der Waals surface area contributed by atoms with Crippen molar-refractivity contribution in [3.63, 3.8) is 0 Å². The van der Waals surface area contributed by atoms with Crippen LogP contribution in [0.2, 0.25) is 0 Å². The van der Waals surface area contributed by atoms with E-state index in [4.69, 9.17) is 9.84 Å². The summed E-state index contributed by atoms with van der Waals surface area (Å²) in [6.45, 7) is 0.820. The molecule has 0 aromatic rings. The molecule has 1 fully saturated rings. The maximum Gasteiger partial charge on any atom is 0.409 e. The third-order valence-corrected chi connectivity index (χ3v) is 2.61. The van der Waals surface area contributed by atoms with Gasteiger partial charge in [-0.3, -0.25) is 4.79 Å². The number of nitrogens with zero attached hydrogens (tertiary/aromatic N) is 1. The Bertz CT molecular complexity index is 257. The molecule has 0 radical (unpaired) electrons. The van der Waals surface area contributed by atoms with Crippen molar-refractivity contribution in [3.8, 4) is 0 Å². The van der Waals surface area contributed by atoms with Crippen LogP contribution in [0.3, 0.4) is 0 Å². The summed E-state index contributed by atoms with van der Waals surface area (Å²) in [7, 11) is 1.59. The Morgan fingerprint density at radius 2 is 2.31 bits per heavy atom. The van der Waals surface area contributed by atoms with E-state index in [1.54, 1.807) is 7.05 Å². The smallest absolute Gasteiger partial charge is 0.409 e. The van der Waals surface area contributed by atoms with E-state index in [-0.39, 0.29) is 25.0 Å². The fraction of sp³-hybridized carbons (Fsp3) is 0.800. The van der Waals surface area contributed by atoms with Crippen molar-refractivity contribution in [3.05, 3.63) is 0 Å². The second kappa shape index (κ2) is 6.32. The van der Waals surface area contributed by atoms with Gasteiger partial charge in [0.2, 0.25) is 5.91 Å². The third kappa shape index (κ3) is 3.37. The highest BCUT2D eigenvalue weighted by Gasteiger charge is 2.28. The van der Waals surface area contributed by atoms with Gasteiger partial charge >= 0.3 is 6.09 Å². The molecular weight excluding hydrogens is 212 g/mol. The summed E-state index contributed by atoms with van der Waals surface area (Å²) in [5.41, 5.74) is 0. The van der Waals surface area contributed by atoms with Crippen LogP contribution >= 0.6 is 0 Å². The second-order valence-electron chi connectivity index (χ2n) is 3.74. The maximum absolute atomic E-state index is 11.5. The fourth-order valence-electron chi connectivity index (χ4n) is 1.79. The lowest BCUT2D eigenvalue weighted by Gasteiger charge is -2.30. The second-order valence-corrected chi connectivity index (χ2v) is 3.74. The summed E-state index contributed by atoms with van der Waals surface area (Å²) >= 11 is 0. The van der Waals surface area contributed by atoms with E-state index in [2.05, 4.69) is 5.32 Å². The van der Waals surface area contributed by atoms with Crippen molar-refractivity contribution in [2.45, 2.75) is 12.8 Å². The van der Waals surface area contributed by atoms with Gasteiger partial charge in [-0.25, -0.2) is 4.79 Å². The number of hydrogen-bond donors (Lipinski definition) is 2. The van der Waals surface area contributed by atoms with E-state index in [1.807, 2.05) is 0 Å². The first-order valence-electron chi connectivity index (χ1n) is 5.43. The summed E-state index contributed by atoms with van der Waals surface area (Å²) in [5.74, 6) is -0.194. The molecule has 0 aromatic heterocycles. The molecule has 1 aliphatic heterocycles. The van der Waals surface area contributed by atoms with Crippen molar-refractivity contribution in [1.82, 2.24) is 10.2 Å². The standard InChI is InChI=1S/C10H18N2O4/c1-11-9(14)8-3-2-4-12(7-8)10(15)16-6-5-13/h8,13H,2-7H2,1H3,(H,11,14). The quantitative estimate of drug-likeness (QED) is 0.689. The van der Waals surface area contributed by atoms with Crippen LogP contribution in [0.4, 0.5) is 4.79 Å². The molecule has 1 heterocycles. The fourth-order valence-corrected chi connectivity index (χ4v) is 1.79. The number of carbonyl (C=O) groups excluding carboxylic acids is 2. The predicted molar refractivity (Wildman–Crippen MR) is 56.8 cm³/mol. The van der Waals surface area contributed by atoms with E-state index in [1.165, 1.54) is 4.90 Å². The molecule has 1 aliphatic rings. The average molecular weight is 230 g/mol. The molecule has 0 aromatic carbocycles. The van der Waals surface area contributed by atoms with E-state index in [9.17, 15) is 9.59 Å². The first kappa shape index (κ1) is 12.8. The summed E-state index contributed by atoms with van der Waals surface area (Å²) in [5, 5.41) is 11.1. The van der Waals surface area contributed by atoms with Crippen LogP contribution in [0.5, 0.6) is 0 Å². The summed E-state index contributed by atoms with van der Waals surface area (Å²) in [6, 6.07) is 0. The minimum Gasteiger partial charge on any atom is -0.447 e. The first-order valence-corrected chi connectivity index (χ1v) is 5.43. The Labute approximate surface area is 94.6 Å². The predicted octanol–water partition coefficient (Wildman–Crippen LogP) is -0.427. The zero-order chi connectivity index (χ0) is 12.0. The Balaban J connectivity index is 2.43. The molecule has 1 saturated heterocycles. The molecule has 1 atom stereocenters. The minimum absolute atomic E-state index is 0.0000256. The third-order valence-electron chi connectivity index (χ3n) is 2.61. The first-order chi connectivity index (χ1) is 7.69. The summed E-state index contributed by atoms with van der Waals surface area (Å²) in [6.07, 6.45) is 1.14. The van der Waals surface area contributed by atoms with E-state index >= 15 is 0 Å². The van der Waals surface area contributed by atoms with Gasteiger partial charge in [0, 0.05) is 20.1 Å². The molecular formula is C10H18N2O4. The van der Waals surface area contributed by atoms with Crippen molar-refractivity contribution in [2.24, 2.45) is 5.92 Å². The number of amides is 2. The molecule has 0 saturated carbocycles. The van der Waals surface area contributed by atoms with Crippen LogP contribution in [0.1, 0.15) is 12.8 Å². The van der Waals surface area contributed by atoms with Crippen LogP contribution in [-0.4, -0.2) is 55.4 Å². The number of carbonyl (C=O) groups is 2. The molecule has 2 amide bonds. The van der Waals surface area contributed by atoms with Crippen LogP contribution in [0.15, 0.2) is 0 Å². The van der Waals surface area contributed by atoms with Gasteiger partial charge in [-0.15, -0.1) is 0 Å². The van der Waals surface area contributed by atoms with Crippen molar-refractivity contribution < 1.29 is 19.4 Å². The minimum atomic E-state index is -0.456. The Morgan fingerprint density at radius 1 is 1.56 bits per heavy atom. The largest absolute Gasteiger partial charge is 0.447 e. The lowest BCUT2D eigenvalue weighted by atomic mass is 9.98. The van der Waals surface area contributed by atoms with Gasteiger partial charge in [0.15, 0.2) is 0 Å². The van der Waals surface area contributed by atoms with Gasteiger partial charge < -0.3 is 20.1 Å². The molecule has 6 heteroatoms. The van der Waals surface area contributed by atoms with Gasteiger partial charge in [-0.1, -0.05) is 0 Å². The molecule has 6 nitrogen and oxygen atoms in total. The highest BCUT2D eigenvalue weighted by Crippen LogP contribution is 2.17. The van der Waals surface area contributed by atoms with Crippen molar-refractivity contribution >= 4 is 12.0 Å². The number of aliphatic hydroxyl groups excluding tert-OH is 1. The SMILES string of the molecule is CNC(=O)C1CCCN(C(=O)OCCO)C1. The number of ether oxygens (including phenoxy) is 1. The van der Waals surface area contributed by atoms with Gasteiger partial charge in [-0.05, 0) is 12.8 Å². The van der Waals surface area contributed by atoms with Crippen LogP contribution in [-0.2, 0) is 9.53 Å². The molecule has 1 rings (SSSR count). The van der Waals surface area contributed by atoms with E-state index in [0.29, 0.717) is 13.1 Å². The van der Waals surface area contributed by atoms with Crippen molar-refractivity contribution in [2.75, 3.05) is 33.4 Å². The molecule has 1 unspecified atom stereocenters. The highest BCUT2D eigenvalue weighted by atomic mass is 16.6. The van der Waals surface area contributed by atoms with Gasteiger partial charge in [-0.2, -0.15) is 0 Å². The van der Waals surface area contributed by atoms with Crippen LogP contribution in [0, 0.1) is 5.92 Å². The monoisotopic (exact) mass is 230 g/mol. The van der Waals surface area contributed by atoms with Crippen LogP contribution in [0.25, 0.3) is 0 Å². The zero-order valence-corrected chi connectivity index (χ0v) is 9.44. The van der Waals surface area contributed by atoms with Gasteiger partial charge in [0.25, 0.3) is 0 Å². The normalized spacial score (nSPS) is 20.4. The van der Waals surface area contributed by atoms with E-state index in [0.717, 1.165) is 12.8 Å². The van der Waals surface area contributed by atoms with E-state index < -0.39 is 6.09 Å². The average Bonchev–Trinajstić information content (AvgIpc) is 2.35. The molecule has 2 N–H and O–H groups in total. The Morgan fingerprint density at radius 3 is 2.94 bits per heavy atom. The lowest BCUT2D eigenvalue weighted by Crippen LogP contribution is -2.45. The molecule has 92 valence electrons. The number of likely N-dealkylation sites (tertiary alicyclic amines) is 1. The highest BCUT2D eigenvalue weighted by molar-refractivity contribution is 5.79. The summed E-state index contributed by atoms with van der Waals surface area (Å²) < 4.78 is 4.80. The zero-order valence-electron chi connectivity index (χ0n) is 9.44. The Hall–Kier alpha value is -1.30. The molecule has 0 spiro atoms. The number of aliphatic hydroxyl groups is 1. The van der Waals surface area contributed by atoms with Crippen LogP contribution < -0.4 is 5.32 Å². The molecule has 0 bridgehead atoms.